The van der Waals surface area contributed by atoms with Gasteiger partial charge in [-0.25, -0.2) is 9.37 Å². The molecule has 1 saturated heterocycles. The molecule has 0 amide bonds. The summed E-state index contributed by atoms with van der Waals surface area (Å²) in [6.07, 6.45) is 1.83. The van der Waals surface area contributed by atoms with Crippen LogP contribution >= 0.6 is 0 Å². The molecular weight excluding hydrogens is 305 g/mol. The van der Waals surface area contributed by atoms with Crippen molar-refractivity contribution in [1.82, 2.24) is 15.3 Å². The lowest BCUT2D eigenvalue weighted by atomic mass is 10.1. The highest BCUT2D eigenvalue weighted by atomic mass is 19.1. The van der Waals surface area contributed by atoms with E-state index in [1.165, 1.54) is 12.1 Å². The van der Waals surface area contributed by atoms with Gasteiger partial charge in [-0.05, 0) is 29.8 Å². The normalized spacial score (nSPS) is 16.2. The summed E-state index contributed by atoms with van der Waals surface area (Å²) in [6, 6.07) is 12.5. The lowest BCUT2D eigenvalue weighted by molar-refractivity contribution is 0.291. The average Bonchev–Trinajstić information content (AvgIpc) is 2.63. The highest BCUT2D eigenvalue weighted by Crippen LogP contribution is 2.13. The van der Waals surface area contributed by atoms with Gasteiger partial charge in [-0.3, -0.25) is 4.90 Å². The van der Waals surface area contributed by atoms with Gasteiger partial charge in [-0.15, -0.1) is 0 Å². The zero-order valence-corrected chi connectivity index (χ0v) is 13.8. The maximum atomic E-state index is 13.1. The Morgan fingerprint density at radius 1 is 1.12 bits per heavy atom. The summed E-state index contributed by atoms with van der Waals surface area (Å²) in [6.45, 7) is 4.50. The summed E-state index contributed by atoms with van der Waals surface area (Å²) in [5.74, 6) is 0.798. The second-order valence-corrected chi connectivity index (χ2v) is 5.74. The molecule has 2 heterocycles. The van der Waals surface area contributed by atoms with Crippen LogP contribution in [-0.4, -0.2) is 55.4 Å². The number of piperazine rings is 1. The lowest BCUT2D eigenvalue weighted by Crippen LogP contribution is -2.48. The summed E-state index contributed by atoms with van der Waals surface area (Å²) >= 11 is 0. The quantitative estimate of drug-likeness (QED) is 0.674. The van der Waals surface area contributed by atoms with Crippen LogP contribution in [-0.2, 0) is 0 Å². The fourth-order valence-electron chi connectivity index (χ4n) is 2.86. The number of anilines is 1. The molecule has 0 saturated carbocycles. The number of benzene rings is 1. The molecule has 24 heavy (non-hydrogen) atoms. The highest BCUT2D eigenvalue weighted by molar-refractivity contribution is 6.01. The predicted octanol–water partition coefficient (Wildman–Crippen LogP) is 1.97. The van der Waals surface area contributed by atoms with Crippen molar-refractivity contribution in [2.75, 3.05) is 44.7 Å². The van der Waals surface area contributed by atoms with Crippen molar-refractivity contribution < 1.29 is 4.39 Å². The molecule has 1 N–H and O–H groups in total. The first-order valence-electron chi connectivity index (χ1n) is 8.14. The van der Waals surface area contributed by atoms with E-state index >= 15 is 0 Å². The predicted molar refractivity (Wildman–Crippen MR) is 94.9 cm³/mol. The van der Waals surface area contributed by atoms with Crippen LogP contribution in [0.5, 0.6) is 0 Å². The smallest absolute Gasteiger partial charge is 0.128 e. The molecule has 126 valence electrons. The van der Waals surface area contributed by atoms with Gasteiger partial charge in [-0.2, -0.15) is 5.10 Å². The summed E-state index contributed by atoms with van der Waals surface area (Å²) in [4.78, 5) is 9.07. The van der Waals surface area contributed by atoms with Gasteiger partial charge < -0.3 is 10.3 Å². The van der Waals surface area contributed by atoms with Crippen molar-refractivity contribution in [1.29, 1.82) is 0 Å². The second-order valence-electron chi connectivity index (χ2n) is 5.74. The van der Waals surface area contributed by atoms with Crippen LogP contribution in [0.15, 0.2) is 53.8 Å². The van der Waals surface area contributed by atoms with Gasteiger partial charge in [0.25, 0.3) is 0 Å². The fourth-order valence-corrected chi connectivity index (χ4v) is 2.86. The lowest BCUT2D eigenvalue weighted by Gasteiger charge is -2.35. The highest BCUT2D eigenvalue weighted by Gasteiger charge is 2.19. The molecule has 6 heteroatoms. The molecule has 1 aliphatic heterocycles. The van der Waals surface area contributed by atoms with Crippen LogP contribution in [0.2, 0.25) is 0 Å². The van der Waals surface area contributed by atoms with Gasteiger partial charge in [-0.1, -0.05) is 18.2 Å². The molecule has 0 bridgehead atoms. The number of halogens is 1. The molecule has 2 aromatic rings. The van der Waals surface area contributed by atoms with E-state index in [9.17, 15) is 4.39 Å². The Bertz CT molecular complexity index is 664. The number of hydrogen-bond donors (Lipinski definition) is 1. The molecule has 0 radical (unpaired) electrons. The van der Waals surface area contributed by atoms with E-state index in [1.54, 1.807) is 19.2 Å². The van der Waals surface area contributed by atoms with Crippen molar-refractivity contribution in [2.45, 2.75) is 0 Å². The maximum Gasteiger partial charge on any atom is 0.128 e. The molecule has 0 spiro atoms. The van der Waals surface area contributed by atoms with Crippen molar-refractivity contribution in [3.63, 3.8) is 0 Å². The zero-order chi connectivity index (χ0) is 16.8. The standard InChI is InChI=1S/C18H22FN5/c1-20-22-17(15-5-7-16(19)8-6-15)14-23-10-12-24(13-11-23)18-4-2-3-9-21-18/h2-9,20H,10-14H2,1H3/b22-17-. The van der Waals surface area contributed by atoms with Gasteiger partial charge >= 0.3 is 0 Å². The number of pyridine rings is 1. The van der Waals surface area contributed by atoms with E-state index in [-0.39, 0.29) is 5.82 Å². The minimum absolute atomic E-state index is 0.230. The number of rotatable bonds is 5. The number of nitrogens with zero attached hydrogens (tertiary/aromatic N) is 4. The third kappa shape index (κ3) is 4.08. The Hall–Kier alpha value is -2.47. The first-order valence-corrected chi connectivity index (χ1v) is 8.14. The number of hydrogen-bond acceptors (Lipinski definition) is 5. The fraction of sp³-hybridized carbons (Fsp3) is 0.333. The Kier molecular flexibility index (Phi) is 5.38. The van der Waals surface area contributed by atoms with Crippen LogP contribution in [0.1, 0.15) is 5.56 Å². The second kappa shape index (κ2) is 7.88. The van der Waals surface area contributed by atoms with Crippen LogP contribution in [0.25, 0.3) is 0 Å². The summed E-state index contributed by atoms with van der Waals surface area (Å²) in [7, 11) is 1.78. The van der Waals surface area contributed by atoms with Crippen molar-refractivity contribution in [3.8, 4) is 0 Å². The molecule has 5 nitrogen and oxygen atoms in total. The molecule has 0 atom stereocenters. The SMILES string of the molecule is CN/N=C(/CN1CCN(c2ccccn2)CC1)c1ccc(F)cc1. The van der Waals surface area contributed by atoms with Gasteiger partial charge in [0.05, 0.1) is 5.71 Å². The van der Waals surface area contributed by atoms with Crippen molar-refractivity contribution in [3.05, 3.63) is 60.0 Å². The maximum absolute atomic E-state index is 13.1. The van der Waals surface area contributed by atoms with E-state index in [4.69, 9.17) is 0 Å². The van der Waals surface area contributed by atoms with Gasteiger partial charge in [0.2, 0.25) is 0 Å². The topological polar surface area (TPSA) is 43.8 Å². The van der Waals surface area contributed by atoms with Crippen LogP contribution in [0, 0.1) is 5.82 Å². The minimum atomic E-state index is -0.230. The Morgan fingerprint density at radius 2 is 1.88 bits per heavy atom. The summed E-state index contributed by atoms with van der Waals surface area (Å²) in [5, 5.41) is 4.37. The molecule has 0 unspecified atom stereocenters. The summed E-state index contributed by atoms with van der Waals surface area (Å²) in [5.41, 5.74) is 4.71. The van der Waals surface area contributed by atoms with E-state index in [1.807, 2.05) is 24.4 Å². The third-order valence-corrected chi connectivity index (χ3v) is 4.14. The van der Waals surface area contributed by atoms with Crippen molar-refractivity contribution in [2.24, 2.45) is 5.10 Å². The minimum Gasteiger partial charge on any atom is -0.354 e. The van der Waals surface area contributed by atoms with Crippen LogP contribution in [0.4, 0.5) is 10.2 Å². The zero-order valence-electron chi connectivity index (χ0n) is 13.8. The number of hydrazone groups is 1. The van der Waals surface area contributed by atoms with E-state index in [0.29, 0.717) is 0 Å². The summed E-state index contributed by atoms with van der Waals surface area (Å²) < 4.78 is 13.1. The van der Waals surface area contributed by atoms with E-state index in [0.717, 1.165) is 49.8 Å². The number of nitrogens with one attached hydrogen (secondary N) is 1. The first kappa shape index (κ1) is 16.4. The van der Waals surface area contributed by atoms with E-state index in [2.05, 4.69) is 25.3 Å². The van der Waals surface area contributed by atoms with Crippen LogP contribution in [0.3, 0.4) is 0 Å². The van der Waals surface area contributed by atoms with Crippen molar-refractivity contribution >= 4 is 11.5 Å². The molecule has 1 aliphatic rings. The molecule has 0 aliphatic carbocycles. The molecule has 1 aromatic heterocycles. The van der Waals surface area contributed by atoms with Crippen LogP contribution < -0.4 is 10.3 Å². The van der Waals surface area contributed by atoms with Gasteiger partial charge in [0.15, 0.2) is 0 Å². The molecule has 1 fully saturated rings. The average molecular weight is 327 g/mol. The Balaban J connectivity index is 1.61. The van der Waals surface area contributed by atoms with Gasteiger partial charge in [0.1, 0.15) is 11.6 Å². The van der Waals surface area contributed by atoms with E-state index < -0.39 is 0 Å². The Labute approximate surface area is 141 Å². The Morgan fingerprint density at radius 3 is 2.50 bits per heavy atom. The largest absolute Gasteiger partial charge is 0.354 e. The molecule has 1 aromatic carbocycles. The number of aromatic nitrogens is 1. The van der Waals surface area contributed by atoms with Gasteiger partial charge in [0, 0.05) is 46.0 Å². The monoisotopic (exact) mass is 327 g/mol. The molecule has 3 rings (SSSR count). The molecular formula is C18H22FN5. The third-order valence-electron chi connectivity index (χ3n) is 4.14. The first-order chi connectivity index (χ1) is 11.8.